The largest absolute Gasteiger partial charge is 0.343 e. The van der Waals surface area contributed by atoms with E-state index in [1.807, 2.05) is 31.7 Å². The highest BCUT2D eigenvalue weighted by Crippen LogP contribution is 2.35. The molecule has 110 valence electrons. The van der Waals surface area contributed by atoms with Gasteiger partial charge in [0.1, 0.15) is 10.9 Å². The second kappa shape index (κ2) is 7.07. The SMILES string of the molecule is CCN(CC)C(=O)CSc1cc(C)nc(C2CCC2)n1. The molecule has 0 radical (unpaired) electrons. The Kier molecular flexibility index (Phi) is 5.40. The molecule has 1 heterocycles. The maximum Gasteiger partial charge on any atom is 0.232 e. The van der Waals surface area contributed by atoms with Crippen LogP contribution in [0.5, 0.6) is 0 Å². The minimum atomic E-state index is 0.182. The van der Waals surface area contributed by atoms with E-state index in [1.54, 1.807) is 0 Å². The maximum atomic E-state index is 12.0. The van der Waals surface area contributed by atoms with Crippen molar-refractivity contribution in [2.45, 2.75) is 51.0 Å². The van der Waals surface area contributed by atoms with Crippen molar-refractivity contribution in [3.8, 4) is 0 Å². The summed E-state index contributed by atoms with van der Waals surface area (Å²) in [7, 11) is 0. The van der Waals surface area contributed by atoms with Crippen molar-refractivity contribution in [2.24, 2.45) is 0 Å². The highest BCUT2D eigenvalue weighted by molar-refractivity contribution is 7.99. The Labute approximate surface area is 125 Å². The Balaban J connectivity index is 1.98. The van der Waals surface area contributed by atoms with E-state index >= 15 is 0 Å². The Bertz CT molecular complexity index is 470. The molecule has 1 aliphatic carbocycles. The molecule has 0 atom stereocenters. The highest BCUT2D eigenvalue weighted by Gasteiger charge is 2.23. The second-order valence-corrected chi connectivity index (χ2v) is 6.18. The molecule has 4 nitrogen and oxygen atoms in total. The average Bonchev–Trinajstić information content (AvgIpc) is 2.35. The van der Waals surface area contributed by atoms with Gasteiger partial charge in [-0.25, -0.2) is 9.97 Å². The summed E-state index contributed by atoms with van der Waals surface area (Å²) in [5, 5.41) is 0.930. The summed E-state index contributed by atoms with van der Waals surface area (Å²) in [6, 6.07) is 1.97. The van der Waals surface area contributed by atoms with E-state index in [2.05, 4.69) is 9.97 Å². The van der Waals surface area contributed by atoms with E-state index in [1.165, 1.54) is 31.0 Å². The maximum absolute atomic E-state index is 12.0. The minimum absolute atomic E-state index is 0.182. The van der Waals surface area contributed by atoms with Gasteiger partial charge in [-0.15, -0.1) is 0 Å². The molecule has 20 heavy (non-hydrogen) atoms. The predicted molar refractivity (Wildman–Crippen MR) is 82.0 cm³/mol. The number of hydrogen-bond donors (Lipinski definition) is 0. The van der Waals surface area contributed by atoms with Gasteiger partial charge >= 0.3 is 0 Å². The number of nitrogens with zero attached hydrogens (tertiary/aromatic N) is 3. The van der Waals surface area contributed by atoms with Crippen LogP contribution in [0.1, 0.15) is 50.5 Å². The van der Waals surface area contributed by atoms with E-state index in [0.717, 1.165) is 29.6 Å². The summed E-state index contributed by atoms with van der Waals surface area (Å²) in [4.78, 5) is 23.0. The molecule has 1 saturated carbocycles. The fraction of sp³-hybridized carbons (Fsp3) is 0.667. The molecule has 1 amide bonds. The zero-order valence-corrected chi connectivity index (χ0v) is 13.4. The molecule has 1 aliphatic rings. The second-order valence-electron chi connectivity index (χ2n) is 5.19. The molecule has 1 aromatic rings. The van der Waals surface area contributed by atoms with Gasteiger partial charge in [0.05, 0.1) is 5.75 Å². The zero-order chi connectivity index (χ0) is 14.5. The minimum Gasteiger partial charge on any atom is -0.343 e. The van der Waals surface area contributed by atoms with Crippen molar-refractivity contribution in [2.75, 3.05) is 18.8 Å². The molecule has 0 aliphatic heterocycles. The number of carbonyl (C=O) groups is 1. The van der Waals surface area contributed by atoms with Gasteiger partial charge in [0, 0.05) is 24.7 Å². The standard InChI is InChI=1S/C15H23N3OS/c1-4-18(5-2)14(19)10-20-13-9-11(3)16-15(17-13)12-7-6-8-12/h9,12H,4-8,10H2,1-3H3. The molecular formula is C15H23N3OS. The van der Waals surface area contributed by atoms with Gasteiger partial charge < -0.3 is 4.90 Å². The lowest BCUT2D eigenvalue weighted by molar-refractivity contribution is -0.127. The summed E-state index contributed by atoms with van der Waals surface area (Å²) in [5.41, 5.74) is 1.000. The Morgan fingerprint density at radius 2 is 2.05 bits per heavy atom. The van der Waals surface area contributed by atoms with Crippen LogP contribution in [-0.2, 0) is 4.79 Å². The first kappa shape index (κ1) is 15.3. The first-order valence-corrected chi connectivity index (χ1v) is 8.38. The van der Waals surface area contributed by atoms with Gasteiger partial charge in [0.15, 0.2) is 0 Å². The quantitative estimate of drug-likeness (QED) is 0.597. The van der Waals surface area contributed by atoms with Crippen LogP contribution in [-0.4, -0.2) is 39.6 Å². The Morgan fingerprint density at radius 1 is 1.35 bits per heavy atom. The summed E-state index contributed by atoms with van der Waals surface area (Å²) in [5.74, 6) is 2.14. The number of carbonyl (C=O) groups excluding carboxylic acids is 1. The summed E-state index contributed by atoms with van der Waals surface area (Å²) < 4.78 is 0. The number of rotatable bonds is 6. The van der Waals surface area contributed by atoms with Crippen LogP contribution >= 0.6 is 11.8 Å². The van der Waals surface area contributed by atoms with E-state index in [9.17, 15) is 4.79 Å². The fourth-order valence-electron chi connectivity index (χ4n) is 2.29. The molecule has 0 N–H and O–H groups in total. The van der Waals surface area contributed by atoms with Crippen LogP contribution in [0.3, 0.4) is 0 Å². The van der Waals surface area contributed by atoms with Crippen molar-refractivity contribution in [3.63, 3.8) is 0 Å². The number of aromatic nitrogens is 2. The smallest absolute Gasteiger partial charge is 0.232 e. The molecule has 0 spiro atoms. The number of hydrogen-bond acceptors (Lipinski definition) is 4. The molecule has 0 unspecified atom stereocenters. The van der Waals surface area contributed by atoms with E-state index in [-0.39, 0.29) is 5.91 Å². The van der Waals surface area contributed by atoms with Crippen molar-refractivity contribution in [3.05, 3.63) is 17.6 Å². The highest BCUT2D eigenvalue weighted by atomic mass is 32.2. The van der Waals surface area contributed by atoms with Crippen LogP contribution in [0.25, 0.3) is 0 Å². The molecule has 0 saturated heterocycles. The number of amides is 1. The zero-order valence-electron chi connectivity index (χ0n) is 12.6. The monoisotopic (exact) mass is 293 g/mol. The normalized spacial score (nSPS) is 14.9. The fourth-order valence-corrected chi connectivity index (χ4v) is 3.15. The first-order valence-electron chi connectivity index (χ1n) is 7.40. The first-order chi connectivity index (χ1) is 9.63. The van der Waals surface area contributed by atoms with Crippen molar-refractivity contribution in [1.29, 1.82) is 0 Å². The lowest BCUT2D eigenvalue weighted by Crippen LogP contribution is -2.31. The molecule has 0 aromatic carbocycles. The molecule has 1 aromatic heterocycles. The van der Waals surface area contributed by atoms with E-state index in [0.29, 0.717) is 11.7 Å². The average molecular weight is 293 g/mol. The van der Waals surface area contributed by atoms with E-state index < -0.39 is 0 Å². The third-order valence-electron chi connectivity index (χ3n) is 3.78. The van der Waals surface area contributed by atoms with Crippen LogP contribution in [0.4, 0.5) is 0 Å². The van der Waals surface area contributed by atoms with Crippen LogP contribution in [0.15, 0.2) is 11.1 Å². The van der Waals surface area contributed by atoms with Gasteiger partial charge in [-0.05, 0) is 39.7 Å². The summed E-state index contributed by atoms with van der Waals surface area (Å²) in [6.45, 7) is 7.56. The van der Waals surface area contributed by atoms with Gasteiger partial charge in [0.2, 0.25) is 5.91 Å². The molecular weight excluding hydrogens is 270 g/mol. The number of aryl methyl sites for hydroxylation is 1. The Hall–Kier alpha value is -1.10. The van der Waals surface area contributed by atoms with Crippen molar-refractivity contribution < 1.29 is 4.79 Å². The van der Waals surface area contributed by atoms with Crippen LogP contribution in [0, 0.1) is 6.92 Å². The van der Waals surface area contributed by atoms with E-state index in [4.69, 9.17) is 0 Å². The molecule has 5 heteroatoms. The lowest BCUT2D eigenvalue weighted by atomic mass is 9.85. The van der Waals surface area contributed by atoms with Crippen LogP contribution in [0.2, 0.25) is 0 Å². The van der Waals surface area contributed by atoms with Crippen LogP contribution < -0.4 is 0 Å². The van der Waals surface area contributed by atoms with Crippen molar-refractivity contribution >= 4 is 17.7 Å². The van der Waals surface area contributed by atoms with Gasteiger partial charge in [0.25, 0.3) is 0 Å². The topological polar surface area (TPSA) is 46.1 Å². The predicted octanol–water partition coefficient (Wildman–Crippen LogP) is 3.01. The summed E-state index contributed by atoms with van der Waals surface area (Å²) in [6.07, 6.45) is 3.68. The third-order valence-corrected chi connectivity index (χ3v) is 4.67. The van der Waals surface area contributed by atoms with Gasteiger partial charge in [-0.3, -0.25) is 4.79 Å². The third kappa shape index (κ3) is 3.72. The molecule has 2 rings (SSSR count). The molecule has 1 fully saturated rings. The lowest BCUT2D eigenvalue weighted by Gasteiger charge is -2.24. The van der Waals surface area contributed by atoms with Gasteiger partial charge in [-0.2, -0.15) is 0 Å². The molecule has 0 bridgehead atoms. The number of thioether (sulfide) groups is 1. The Morgan fingerprint density at radius 3 is 2.60 bits per heavy atom. The van der Waals surface area contributed by atoms with Gasteiger partial charge in [-0.1, -0.05) is 18.2 Å². The van der Waals surface area contributed by atoms with Crippen molar-refractivity contribution in [1.82, 2.24) is 14.9 Å². The summed E-state index contributed by atoms with van der Waals surface area (Å²) >= 11 is 1.53.